The Bertz CT molecular complexity index is 662. The topological polar surface area (TPSA) is 46.9 Å². The molecule has 19 heavy (non-hydrogen) atoms. The van der Waals surface area contributed by atoms with Crippen LogP contribution in [-0.2, 0) is 6.54 Å². The average Bonchev–Trinajstić information content (AvgIpc) is 2.94. The summed E-state index contributed by atoms with van der Waals surface area (Å²) < 4.78 is 1.97. The first-order valence-electron chi connectivity index (χ1n) is 6.65. The van der Waals surface area contributed by atoms with Crippen molar-refractivity contribution in [1.29, 1.82) is 0 Å². The molecule has 0 aromatic carbocycles. The lowest BCUT2D eigenvalue weighted by Crippen LogP contribution is -2.44. The van der Waals surface area contributed by atoms with Gasteiger partial charge in [-0.25, -0.2) is 4.98 Å². The fourth-order valence-electron chi connectivity index (χ4n) is 3.31. The highest BCUT2D eigenvalue weighted by atomic mass is 32.1. The third kappa shape index (κ3) is 1.84. The molecule has 2 aliphatic rings. The van der Waals surface area contributed by atoms with Gasteiger partial charge in [-0.05, 0) is 24.9 Å². The van der Waals surface area contributed by atoms with E-state index in [0.29, 0.717) is 11.8 Å². The van der Waals surface area contributed by atoms with Gasteiger partial charge >= 0.3 is 0 Å². The molecular weight excluding hydrogens is 258 g/mol. The van der Waals surface area contributed by atoms with Crippen molar-refractivity contribution >= 4 is 11.3 Å². The Morgan fingerprint density at radius 1 is 1.37 bits per heavy atom. The molecule has 5 heteroatoms. The molecule has 1 saturated heterocycles. The number of hydrogen-bond donors (Lipinski definition) is 1. The molecule has 0 aliphatic carbocycles. The van der Waals surface area contributed by atoms with Gasteiger partial charge in [-0.2, -0.15) is 0 Å². The molecule has 0 amide bonds. The quantitative estimate of drug-likeness (QED) is 0.860. The van der Waals surface area contributed by atoms with E-state index in [1.54, 1.807) is 17.4 Å². The van der Waals surface area contributed by atoms with Crippen LogP contribution in [0.2, 0.25) is 0 Å². The summed E-state index contributed by atoms with van der Waals surface area (Å²) in [6, 6.07) is 3.89. The second-order valence-electron chi connectivity index (χ2n) is 5.45. The summed E-state index contributed by atoms with van der Waals surface area (Å²) in [7, 11) is 0. The number of hydrogen-bond acceptors (Lipinski definition) is 4. The first-order valence-corrected chi connectivity index (χ1v) is 7.59. The zero-order chi connectivity index (χ0) is 12.8. The normalized spacial score (nSPS) is 25.1. The Kier molecular flexibility index (Phi) is 2.56. The zero-order valence-electron chi connectivity index (χ0n) is 10.5. The number of pyridine rings is 1. The first-order chi connectivity index (χ1) is 9.31. The largest absolute Gasteiger partial charge is 0.316 e. The van der Waals surface area contributed by atoms with Gasteiger partial charge in [0.25, 0.3) is 5.56 Å². The minimum absolute atomic E-state index is 0.122. The first kappa shape index (κ1) is 11.4. The van der Waals surface area contributed by atoms with Crippen LogP contribution in [0.4, 0.5) is 0 Å². The molecule has 0 radical (unpaired) electrons. The van der Waals surface area contributed by atoms with Crippen LogP contribution in [0.3, 0.4) is 0 Å². The molecule has 1 fully saturated rings. The highest BCUT2D eigenvalue weighted by Crippen LogP contribution is 2.33. The standard InChI is InChI=1S/C14H15N3OS/c18-14-3-10(12-7-19-8-16-12)2-13-11-1-9(4-15-5-11)6-17(13)14/h2-3,7-9,11,15H,1,4-6H2/t9-,11+/m0/s1. The van der Waals surface area contributed by atoms with Crippen molar-refractivity contribution in [2.45, 2.75) is 18.9 Å². The van der Waals surface area contributed by atoms with Gasteiger partial charge in [0.05, 0.1) is 11.2 Å². The number of nitrogens with zero attached hydrogens (tertiary/aromatic N) is 2. The molecule has 1 N–H and O–H groups in total. The summed E-state index contributed by atoms with van der Waals surface area (Å²) >= 11 is 1.56. The molecule has 2 aliphatic heterocycles. The molecule has 98 valence electrons. The van der Waals surface area contributed by atoms with Gasteiger partial charge in [0.1, 0.15) is 0 Å². The van der Waals surface area contributed by atoms with Crippen LogP contribution in [0.5, 0.6) is 0 Å². The van der Waals surface area contributed by atoms with E-state index in [2.05, 4.69) is 16.4 Å². The maximum atomic E-state index is 12.3. The highest BCUT2D eigenvalue weighted by Gasteiger charge is 2.31. The van der Waals surface area contributed by atoms with Crippen molar-refractivity contribution in [2.75, 3.05) is 13.1 Å². The number of fused-ring (bicyclic) bond motifs is 4. The monoisotopic (exact) mass is 273 g/mol. The second kappa shape index (κ2) is 4.28. The minimum Gasteiger partial charge on any atom is -0.316 e. The molecular formula is C14H15N3OS. The van der Waals surface area contributed by atoms with E-state index in [0.717, 1.165) is 30.9 Å². The lowest BCUT2D eigenvalue weighted by atomic mass is 9.84. The Morgan fingerprint density at radius 3 is 3.16 bits per heavy atom. The maximum Gasteiger partial charge on any atom is 0.251 e. The Balaban J connectivity index is 1.87. The highest BCUT2D eigenvalue weighted by molar-refractivity contribution is 7.07. The molecule has 2 aromatic rings. The van der Waals surface area contributed by atoms with Crippen LogP contribution in [0, 0.1) is 5.92 Å². The number of rotatable bonds is 1. The van der Waals surface area contributed by atoms with E-state index in [9.17, 15) is 4.79 Å². The van der Waals surface area contributed by atoms with Gasteiger partial charge in [-0.15, -0.1) is 11.3 Å². The predicted molar refractivity (Wildman–Crippen MR) is 75.5 cm³/mol. The van der Waals surface area contributed by atoms with Crippen molar-refractivity contribution in [3.63, 3.8) is 0 Å². The summed E-state index contributed by atoms with van der Waals surface area (Å²) in [4.78, 5) is 16.6. The lowest BCUT2D eigenvalue weighted by molar-refractivity contribution is 0.257. The average molecular weight is 273 g/mol. The lowest BCUT2D eigenvalue weighted by Gasteiger charge is -2.37. The molecule has 4 heterocycles. The van der Waals surface area contributed by atoms with Crippen LogP contribution < -0.4 is 10.9 Å². The van der Waals surface area contributed by atoms with E-state index < -0.39 is 0 Å². The fourth-order valence-corrected chi connectivity index (χ4v) is 3.87. The van der Waals surface area contributed by atoms with Gasteiger partial charge in [-0.1, -0.05) is 0 Å². The van der Waals surface area contributed by atoms with Crippen molar-refractivity contribution in [2.24, 2.45) is 5.92 Å². The summed E-state index contributed by atoms with van der Waals surface area (Å²) in [6.45, 7) is 2.88. The fraction of sp³-hybridized carbons (Fsp3) is 0.429. The second-order valence-corrected chi connectivity index (χ2v) is 6.17. The Labute approximate surface area is 115 Å². The molecule has 0 unspecified atom stereocenters. The molecule has 0 spiro atoms. The van der Waals surface area contributed by atoms with Gasteiger partial charge in [0.15, 0.2) is 0 Å². The van der Waals surface area contributed by atoms with Gasteiger partial charge in [-0.3, -0.25) is 4.79 Å². The van der Waals surface area contributed by atoms with Gasteiger partial charge in [0.2, 0.25) is 0 Å². The van der Waals surface area contributed by atoms with Gasteiger partial charge in [0, 0.05) is 41.7 Å². The van der Waals surface area contributed by atoms with Gasteiger partial charge < -0.3 is 9.88 Å². The Morgan fingerprint density at radius 2 is 2.32 bits per heavy atom. The smallest absolute Gasteiger partial charge is 0.251 e. The molecule has 2 aromatic heterocycles. The van der Waals surface area contributed by atoms with Crippen LogP contribution in [0.1, 0.15) is 18.0 Å². The third-order valence-corrected chi connectivity index (χ3v) is 4.78. The van der Waals surface area contributed by atoms with Crippen LogP contribution >= 0.6 is 11.3 Å². The van der Waals surface area contributed by atoms with Crippen molar-refractivity contribution in [3.8, 4) is 11.3 Å². The van der Waals surface area contributed by atoms with E-state index in [4.69, 9.17) is 0 Å². The number of piperidine rings is 1. The summed E-state index contributed by atoms with van der Waals surface area (Å²) in [6.07, 6.45) is 1.20. The van der Waals surface area contributed by atoms with Crippen LogP contribution in [-0.4, -0.2) is 22.6 Å². The van der Waals surface area contributed by atoms with E-state index in [-0.39, 0.29) is 5.56 Å². The minimum atomic E-state index is 0.122. The SMILES string of the molecule is O=c1cc(-c2cscn2)cc2n1C[C@@H]1CNC[C@H]2C1. The number of aromatic nitrogens is 2. The van der Waals surface area contributed by atoms with Crippen LogP contribution in [0.15, 0.2) is 27.8 Å². The van der Waals surface area contributed by atoms with E-state index >= 15 is 0 Å². The summed E-state index contributed by atoms with van der Waals surface area (Å²) in [5, 5.41) is 5.47. The predicted octanol–water partition coefficient (Wildman–Crippen LogP) is 1.68. The summed E-state index contributed by atoms with van der Waals surface area (Å²) in [5.74, 6) is 1.08. The van der Waals surface area contributed by atoms with E-state index in [1.807, 2.05) is 15.5 Å². The van der Waals surface area contributed by atoms with Crippen LogP contribution in [0.25, 0.3) is 11.3 Å². The van der Waals surface area contributed by atoms with Crippen molar-refractivity contribution in [3.05, 3.63) is 39.1 Å². The molecule has 4 rings (SSSR count). The molecule has 0 saturated carbocycles. The number of thiazole rings is 1. The van der Waals surface area contributed by atoms with E-state index in [1.165, 1.54) is 12.1 Å². The van der Waals surface area contributed by atoms with Crippen molar-refractivity contribution in [1.82, 2.24) is 14.9 Å². The molecule has 4 nitrogen and oxygen atoms in total. The Hall–Kier alpha value is -1.46. The third-order valence-electron chi connectivity index (χ3n) is 4.19. The number of nitrogens with one attached hydrogen (secondary N) is 1. The van der Waals surface area contributed by atoms with Crippen molar-refractivity contribution < 1.29 is 0 Å². The molecule has 2 bridgehead atoms. The zero-order valence-corrected chi connectivity index (χ0v) is 11.3. The molecule has 2 atom stereocenters. The maximum absolute atomic E-state index is 12.3. The summed E-state index contributed by atoms with van der Waals surface area (Å²) in [5.41, 5.74) is 4.99.